The van der Waals surface area contributed by atoms with Crippen LogP contribution in [0.5, 0.6) is 0 Å². The van der Waals surface area contributed by atoms with Gasteiger partial charge in [-0.3, -0.25) is 0 Å². The highest BCUT2D eigenvalue weighted by Crippen LogP contribution is 2.13. The predicted octanol–water partition coefficient (Wildman–Crippen LogP) is 7.64. The summed E-state index contributed by atoms with van der Waals surface area (Å²) in [7, 11) is 2.65. The molecule has 0 N–H and O–H groups in total. The second kappa shape index (κ2) is 19.2. The molecule has 1 heteroatoms. The minimum Gasteiger partial charge on any atom is -0.114 e. The van der Waals surface area contributed by atoms with Gasteiger partial charge >= 0.3 is 0 Å². The summed E-state index contributed by atoms with van der Waals surface area (Å²) in [6, 6.07) is 0. The van der Waals surface area contributed by atoms with Gasteiger partial charge in [-0.05, 0) is 12.8 Å². The molecule has 0 amide bonds. The molecule has 0 saturated heterocycles. The molecule has 0 saturated carbocycles. The Kier molecular flexibility index (Phi) is 19.3. The smallest absolute Gasteiger partial charge is 0.0347 e. The van der Waals surface area contributed by atoms with Crippen LogP contribution in [0.25, 0.3) is 0 Å². The zero-order valence-corrected chi connectivity index (χ0v) is 15.2. The van der Waals surface area contributed by atoms with E-state index in [1.54, 1.807) is 0 Å². The summed E-state index contributed by atoms with van der Waals surface area (Å²) < 4.78 is 0. The molecular formula is C19H39P. The number of allylic oxidation sites excluding steroid dienone is 1. The van der Waals surface area contributed by atoms with Crippen LogP contribution in [0, 0.1) is 0 Å². The van der Waals surface area contributed by atoms with E-state index < -0.39 is 0 Å². The van der Waals surface area contributed by atoms with Gasteiger partial charge < -0.3 is 0 Å². The first kappa shape index (κ1) is 20.2. The molecule has 0 radical (unpaired) electrons. The Bertz CT molecular complexity index is 186. The molecule has 0 spiro atoms. The highest BCUT2D eigenvalue weighted by Gasteiger charge is 1.93. The Labute approximate surface area is 131 Å². The van der Waals surface area contributed by atoms with Crippen molar-refractivity contribution in [2.45, 2.75) is 110 Å². The highest BCUT2D eigenvalue weighted by atomic mass is 31.0. The van der Waals surface area contributed by atoms with E-state index in [2.05, 4.69) is 28.1 Å². The van der Waals surface area contributed by atoms with Crippen molar-refractivity contribution in [1.82, 2.24) is 0 Å². The van der Waals surface area contributed by atoms with E-state index >= 15 is 0 Å². The van der Waals surface area contributed by atoms with Gasteiger partial charge in [0.2, 0.25) is 0 Å². The van der Waals surface area contributed by atoms with Gasteiger partial charge in [0.05, 0.1) is 0 Å². The summed E-state index contributed by atoms with van der Waals surface area (Å²) >= 11 is 0. The molecule has 0 aliphatic carbocycles. The molecule has 0 aromatic rings. The Balaban J connectivity index is 2.92. The van der Waals surface area contributed by atoms with Crippen molar-refractivity contribution < 1.29 is 0 Å². The van der Waals surface area contributed by atoms with Gasteiger partial charge in [0.1, 0.15) is 0 Å². The number of rotatable bonds is 16. The number of hydrogen-bond donors (Lipinski definition) is 0. The molecule has 0 bridgehead atoms. The lowest BCUT2D eigenvalue weighted by Crippen LogP contribution is -1.83. The van der Waals surface area contributed by atoms with E-state index in [9.17, 15) is 0 Å². The van der Waals surface area contributed by atoms with E-state index in [0.717, 1.165) is 0 Å². The lowest BCUT2D eigenvalue weighted by atomic mass is 10.0. The first-order valence-corrected chi connectivity index (χ1v) is 9.95. The lowest BCUT2D eigenvalue weighted by molar-refractivity contribution is 0.533. The van der Waals surface area contributed by atoms with Crippen molar-refractivity contribution in [3.63, 3.8) is 0 Å². The third-order valence-corrected chi connectivity index (χ3v) is 4.38. The molecule has 1 atom stereocenters. The second-order valence-electron chi connectivity index (χ2n) is 6.17. The van der Waals surface area contributed by atoms with E-state index in [1.807, 2.05) is 0 Å². The fraction of sp³-hybridized carbons (Fsp3) is 0.895. The van der Waals surface area contributed by atoms with Gasteiger partial charge in [-0.1, -0.05) is 109 Å². The maximum absolute atomic E-state index is 2.65. The molecule has 0 fully saturated rings. The van der Waals surface area contributed by atoms with Crippen LogP contribution in [0.3, 0.4) is 0 Å². The van der Waals surface area contributed by atoms with Gasteiger partial charge in [0.15, 0.2) is 0 Å². The quantitative estimate of drug-likeness (QED) is 0.203. The van der Waals surface area contributed by atoms with Gasteiger partial charge in [0.25, 0.3) is 0 Å². The van der Waals surface area contributed by atoms with Crippen molar-refractivity contribution in [1.29, 1.82) is 0 Å². The molecule has 1 unspecified atom stereocenters. The monoisotopic (exact) mass is 298 g/mol. The van der Waals surface area contributed by atoms with Gasteiger partial charge in [-0.15, -0.1) is 9.24 Å². The number of hydrogen-bond acceptors (Lipinski definition) is 0. The minimum atomic E-state index is 1.27. The average molecular weight is 298 g/mol. The first-order valence-electron chi connectivity index (χ1n) is 9.28. The zero-order chi connectivity index (χ0) is 14.7. The summed E-state index contributed by atoms with van der Waals surface area (Å²) in [5.74, 6) is 2.09. The molecule has 0 nitrogen and oxygen atoms in total. The van der Waals surface area contributed by atoms with Crippen LogP contribution in [-0.4, -0.2) is 0 Å². The van der Waals surface area contributed by atoms with Crippen LogP contribution in [0.2, 0.25) is 0 Å². The van der Waals surface area contributed by atoms with Gasteiger partial charge in [-0.25, -0.2) is 0 Å². The SMILES string of the molecule is CCCCCCCCCCCCCCCCC/C=C/P. The molecule has 20 heavy (non-hydrogen) atoms. The van der Waals surface area contributed by atoms with E-state index in [1.165, 1.54) is 103 Å². The molecular weight excluding hydrogens is 259 g/mol. The minimum absolute atomic E-state index is 1.27. The summed E-state index contributed by atoms with van der Waals surface area (Å²) in [4.78, 5) is 0. The van der Waals surface area contributed by atoms with Crippen LogP contribution < -0.4 is 0 Å². The third-order valence-electron chi connectivity index (χ3n) is 4.11. The third kappa shape index (κ3) is 18.2. The maximum Gasteiger partial charge on any atom is -0.0347 e. The van der Waals surface area contributed by atoms with E-state index in [-0.39, 0.29) is 0 Å². The van der Waals surface area contributed by atoms with Crippen molar-refractivity contribution in [2.75, 3.05) is 0 Å². The van der Waals surface area contributed by atoms with Crippen LogP contribution in [-0.2, 0) is 0 Å². The Morgan fingerprint density at radius 1 is 0.550 bits per heavy atom. The average Bonchev–Trinajstić information content (AvgIpc) is 2.47. The molecule has 0 aromatic carbocycles. The first-order chi connectivity index (χ1) is 9.91. The van der Waals surface area contributed by atoms with Crippen LogP contribution in [0.15, 0.2) is 11.9 Å². The second-order valence-corrected chi connectivity index (χ2v) is 6.55. The Morgan fingerprint density at radius 3 is 1.25 bits per heavy atom. The zero-order valence-electron chi connectivity index (χ0n) is 14.0. The molecule has 0 rings (SSSR count). The molecule has 0 heterocycles. The van der Waals surface area contributed by atoms with E-state index in [0.29, 0.717) is 0 Å². The summed E-state index contributed by atoms with van der Waals surface area (Å²) in [6.07, 6.45) is 25.3. The Morgan fingerprint density at radius 2 is 0.900 bits per heavy atom. The van der Waals surface area contributed by atoms with Crippen molar-refractivity contribution in [3.8, 4) is 0 Å². The van der Waals surface area contributed by atoms with Crippen LogP contribution in [0.1, 0.15) is 110 Å². The molecule has 0 aromatic heterocycles. The van der Waals surface area contributed by atoms with Crippen molar-refractivity contribution >= 4 is 9.24 Å². The summed E-state index contributed by atoms with van der Waals surface area (Å²) in [5.41, 5.74) is 0. The summed E-state index contributed by atoms with van der Waals surface area (Å²) in [6.45, 7) is 2.29. The molecule has 120 valence electrons. The number of unbranched alkanes of at least 4 members (excludes halogenated alkanes) is 15. The van der Waals surface area contributed by atoms with Crippen molar-refractivity contribution in [2.24, 2.45) is 0 Å². The fourth-order valence-electron chi connectivity index (χ4n) is 2.73. The Hall–Kier alpha value is 0.170. The topological polar surface area (TPSA) is 0 Å². The lowest BCUT2D eigenvalue weighted by Gasteiger charge is -2.03. The van der Waals surface area contributed by atoms with E-state index in [4.69, 9.17) is 0 Å². The summed E-state index contributed by atoms with van der Waals surface area (Å²) in [5, 5.41) is 0. The van der Waals surface area contributed by atoms with Gasteiger partial charge in [-0.2, -0.15) is 0 Å². The molecule has 0 aliphatic heterocycles. The standard InChI is InChI=1S/C19H39P/c1-2-3-4-5-6-7-8-9-10-11-12-13-14-15-16-17-18-19-20/h18-19H,2-17,20H2,1H3/b19-18+. The normalized spacial score (nSPS) is 11.5. The largest absolute Gasteiger partial charge is 0.114 e. The predicted molar refractivity (Wildman–Crippen MR) is 98.4 cm³/mol. The van der Waals surface area contributed by atoms with Crippen LogP contribution in [0.4, 0.5) is 0 Å². The fourth-order valence-corrected chi connectivity index (χ4v) is 2.92. The van der Waals surface area contributed by atoms with Crippen molar-refractivity contribution in [3.05, 3.63) is 11.9 Å². The highest BCUT2D eigenvalue weighted by molar-refractivity contribution is 7.20. The van der Waals surface area contributed by atoms with Crippen LogP contribution >= 0.6 is 9.24 Å². The van der Waals surface area contributed by atoms with Gasteiger partial charge in [0, 0.05) is 0 Å². The maximum atomic E-state index is 2.65. The molecule has 0 aliphatic rings.